The van der Waals surface area contributed by atoms with Crippen LogP contribution < -0.4 is 0 Å². The summed E-state index contributed by atoms with van der Waals surface area (Å²) >= 11 is 0. The van der Waals surface area contributed by atoms with E-state index in [-0.39, 0.29) is 6.42 Å². The van der Waals surface area contributed by atoms with Gasteiger partial charge in [-0.15, -0.1) is 0 Å². The van der Waals surface area contributed by atoms with E-state index in [0.29, 0.717) is 6.42 Å². The quantitative estimate of drug-likeness (QED) is 0.846. The van der Waals surface area contributed by atoms with Crippen LogP contribution in [0.15, 0.2) is 12.3 Å². The molecule has 0 fully saturated rings. The molecule has 0 aromatic carbocycles. The molecule has 0 aliphatic heterocycles. The molecule has 5 nitrogen and oxygen atoms in total. The van der Waals surface area contributed by atoms with E-state index in [1.807, 2.05) is 30.5 Å². The summed E-state index contributed by atoms with van der Waals surface area (Å²) in [6.45, 7) is 3.82. The van der Waals surface area contributed by atoms with Gasteiger partial charge in [0.2, 0.25) is 0 Å². The Kier molecular flexibility index (Phi) is 2.60. The Bertz CT molecular complexity index is 545. The minimum Gasteiger partial charge on any atom is -0.481 e. The van der Waals surface area contributed by atoms with Crippen LogP contribution in [-0.4, -0.2) is 25.4 Å². The summed E-state index contributed by atoms with van der Waals surface area (Å²) in [5, 5.41) is 8.60. The largest absolute Gasteiger partial charge is 0.481 e. The number of nitrogens with zero attached hydrogens (tertiary/aromatic N) is 3. The normalized spacial score (nSPS) is 10.9. The molecule has 0 saturated carbocycles. The molecular formula is C11H13N3O2. The summed E-state index contributed by atoms with van der Waals surface area (Å²) in [6.07, 6.45) is 2.41. The van der Waals surface area contributed by atoms with Crippen molar-refractivity contribution in [2.75, 3.05) is 0 Å². The molecule has 16 heavy (non-hydrogen) atoms. The van der Waals surface area contributed by atoms with Crippen molar-refractivity contribution >= 4 is 11.6 Å². The minimum absolute atomic E-state index is 0.106. The Labute approximate surface area is 92.8 Å². The number of rotatable bonds is 3. The number of hydrogen-bond acceptors (Lipinski definition) is 3. The zero-order chi connectivity index (χ0) is 11.7. The van der Waals surface area contributed by atoms with Gasteiger partial charge in [0.25, 0.3) is 0 Å². The average molecular weight is 219 g/mol. The fraction of sp³-hybridized carbons (Fsp3) is 0.364. The molecule has 2 aromatic heterocycles. The number of carbonyl (C=O) groups is 1. The Morgan fingerprint density at radius 1 is 1.44 bits per heavy atom. The molecule has 1 N–H and O–H groups in total. The first-order valence-corrected chi connectivity index (χ1v) is 5.10. The Morgan fingerprint density at radius 3 is 2.88 bits per heavy atom. The summed E-state index contributed by atoms with van der Waals surface area (Å²) in [4.78, 5) is 19.1. The van der Waals surface area contributed by atoms with Crippen molar-refractivity contribution in [3.05, 3.63) is 29.5 Å². The molecule has 0 aliphatic carbocycles. The third-order valence-corrected chi connectivity index (χ3v) is 2.40. The number of aromatic nitrogens is 3. The molecule has 0 aliphatic rings. The van der Waals surface area contributed by atoms with Crippen LogP contribution in [0.2, 0.25) is 0 Å². The highest BCUT2D eigenvalue weighted by atomic mass is 16.4. The zero-order valence-electron chi connectivity index (χ0n) is 9.27. The van der Waals surface area contributed by atoms with Crippen molar-refractivity contribution in [3.63, 3.8) is 0 Å². The van der Waals surface area contributed by atoms with Crippen molar-refractivity contribution in [1.82, 2.24) is 14.4 Å². The molecule has 0 saturated heterocycles. The average Bonchev–Trinajstić information content (AvgIpc) is 2.57. The van der Waals surface area contributed by atoms with Crippen LogP contribution in [0.3, 0.4) is 0 Å². The second-order valence-corrected chi connectivity index (χ2v) is 3.80. The molecule has 0 radical (unpaired) electrons. The van der Waals surface area contributed by atoms with Gasteiger partial charge < -0.3 is 5.11 Å². The minimum atomic E-state index is -0.803. The lowest BCUT2D eigenvalue weighted by molar-refractivity contribution is -0.136. The van der Waals surface area contributed by atoms with E-state index in [9.17, 15) is 4.79 Å². The van der Waals surface area contributed by atoms with Gasteiger partial charge in [0, 0.05) is 24.4 Å². The molecular weight excluding hydrogens is 206 g/mol. The first-order chi connectivity index (χ1) is 7.56. The summed E-state index contributed by atoms with van der Waals surface area (Å²) in [7, 11) is 0. The Morgan fingerprint density at radius 2 is 2.19 bits per heavy atom. The number of aryl methyl sites for hydroxylation is 3. The van der Waals surface area contributed by atoms with E-state index in [1.54, 1.807) is 0 Å². The molecule has 0 unspecified atom stereocenters. The number of imidazole rings is 1. The number of aliphatic carboxylic acids is 1. The van der Waals surface area contributed by atoms with Crippen LogP contribution in [-0.2, 0) is 11.2 Å². The second-order valence-electron chi connectivity index (χ2n) is 3.80. The van der Waals surface area contributed by atoms with E-state index >= 15 is 0 Å². The second kappa shape index (κ2) is 3.92. The summed E-state index contributed by atoms with van der Waals surface area (Å²) < 4.78 is 1.88. The fourth-order valence-electron chi connectivity index (χ4n) is 1.69. The fourth-order valence-corrected chi connectivity index (χ4v) is 1.69. The maximum Gasteiger partial charge on any atom is 0.303 e. The van der Waals surface area contributed by atoms with Gasteiger partial charge in [0.1, 0.15) is 11.5 Å². The molecule has 2 aromatic rings. The van der Waals surface area contributed by atoms with Crippen molar-refractivity contribution in [3.8, 4) is 0 Å². The number of carboxylic acids is 1. The highest BCUT2D eigenvalue weighted by molar-refractivity contribution is 5.67. The van der Waals surface area contributed by atoms with E-state index in [2.05, 4.69) is 9.97 Å². The highest BCUT2D eigenvalue weighted by Gasteiger charge is 2.06. The van der Waals surface area contributed by atoms with Gasteiger partial charge >= 0.3 is 5.97 Å². The zero-order valence-corrected chi connectivity index (χ0v) is 9.27. The van der Waals surface area contributed by atoms with Crippen molar-refractivity contribution in [1.29, 1.82) is 0 Å². The highest BCUT2D eigenvalue weighted by Crippen LogP contribution is 2.10. The predicted molar refractivity (Wildman–Crippen MR) is 58.4 cm³/mol. The molecule has 0 spiro atoms. The van der Waals surface area contributed by atoms with Crippen LogP contribution in [0, 0.1) is 13.8 Å². The van der Waals surface area contributed by atoms with Crippen LogP contribution in [0.25, 0.3) is 5.65 Å². The van der Waals surface area contributed by atoms with Gasteiger partial charge in [0.15, 0.2) is 0 Å². The lowest BCUT2D eigenvalue weighted by atomic mass is 10.2. The van der Waals surface area contributed by atoms with Crippen LogP contribution in [0.4, 0.5) is 0 Å². The lowest BCUT2D eigenvalue weighted by Crippen LogP contribution is -1.97. The van der Waals surface area contributed by atoms with Crippen LogP contribution >= 0.6 is 0 Å². The van der Waals surface area contributed by atoms with Crippen molar-refractivity contribution in [2.45, 2.75) is 26.7 Å². The van der Waals surface area contributed by atoms with Crippen molar-refractivity contribution in [2.24, 2.45) is 0 Å². The van der Waals surface area contributed by atoms with Crippen molar-refractivity contribution < 1.29 is 9.90 Å². The van der Waals surface area contributed by atoms with Crippen LogP contribution in [0.5, 0.6) is 0 Å². The molecule has 0 bridgehead atoms. The molecule has 84 valence electrons. The third kappa shape index (κ3) is 2.03. The SMILES string of the molecule is Cc1cc2nc(CCC(=O)O)cn2c(C)n1. The first kappa shape index (κ1) is 10.6. The van der Waals surface area contributed by atoms with E-state index < -0.39 is 5.97 Å². The summed E-state index contributed by atoms with van der Waals surface area (Å²) in [5.41, 5.74) is 2.53. The van der Waals surface area contributed by atoms with E-state index in [4.69, 9.17) is 5.11 Å². The van der Waals surface area contributed by atoms with Gasteiger partial charge in [-0.25, -0.2) is 9.97 Å². The molecule has 2 rings (SSSR count). The monoisotopic (exact) mass is 219 g/mol. The number of hydrogen-bond donors (Lipinski definition) is 1. The summed E-state index contributed by atoms with van der Waals surface area (Å²) in [6, 6.07) is 1.89. The number of fused-ring (bicyclic) bond motifs is 1. The molecule has 0 atom stereocenters. The standard InChI is InChI=1S/C11H13N3O2/c1-7-5-10-13-9(3-4-11(15)16)6-14(10)8(2)12-7/h5-6H,3-4H2,1-2H3,(H,15,16). The molecule has 0 amide bonds. The van der Waals surface area contributed by atoms with Crippen LogP contribution in [0.1, 0.15) is 23.6 Å². The summed E-state index contributed by atoms with van der Waals surface area (Å²) in [5.74, 6) is 0.0622. The van der Waals surface area contributed by atoms with E-state index in [1.165, 1.54) is 0 Å². The third-order valence-electron chi connectivity index (χ3n) is 2.40. The van der Waals surface area contributed by atoms with Gasteiger partial charge in [-0.1, -0.05) is 0 Å². The maximum absolute atomic E-state index is 10.5. The predicted octanol–water partition coefficient (Wildman–Crippen LogP) is 1.36. The van der Waals surface area contributed by atoms with Gasteiger partial charge in [-0.2, -0.15) is 0 Å². The smallest absolute Gasteiger partial charge is 0.303 e. The maximum atomic E-state index is 10.5. The van der Waals surface area contributed by atoms with E-state index in [0.717, 1.165) is 22.9 Å². The van der Waals surface area contributed by atoms with Gasteiger partial charge in [-0.3, -0.25) is 9.20 Å². The number of carboxylic acid groups (broad SMARTS) is 1. The van der Waals surface area contributed by atoms with Gasteiger partial charge in [0.05, 0.1) is 12.1 Å². The molecule has 5 heteroatoms. The van der Waals surface area contributed by atoms with Gasteiger partial charge in [-0.05, 0) is 13.8 Å². The Hall–Kier alpha value is -1.91. The topological polar surface area (TPSA) is 67.5 Å². The lowest BCUT2D eigenvalue weighted by Gasteiger charge is -1.98. The Balaban J connectivity index is 2.36. The first-order valence-electron chi connectivity index (χ1n) is 5.10. The molecule has 2 heterocycles.